The molecule has 0 unspecified atom stereocenters. The van der Waals surface area contributed by atoms with Crippen LogP contribution in [0.25, 0.3) is 0 Å². The predicted octanol–water partition coefficient (Wildman–Crippen LogP) is 2.06. The van der Waals surface area contributed by atoms with Crippen molar-refractivity contribution >= 4 is 37.6 Å². The van der Waals surface area contributed by atoms with Crippen LogP contribution in [0.2, 0.25) is 5.02 Å². The summed E-state index contributed by atoms with van der Waals surface area (Å²) < 4.78 is 22.5. The smallest absolute Gasteiger partial charge is 0.225 e. The van der Waals surface area contributed by atoms with E-state index in [-0.39, 0.29) is 4.90 Å². The maximum atomic E-state index is 10.9. The topological polar surface area (TPSA) is 60.2 Å². The van der Waals surface area contributed by atoms with Gasteiger partial charge in [0.25, 0.3) is 0 Å². The third-order valence-corrected chi connectivity index (χ3v) is 3.69. The van der Waals surface area contributed by atoms with E-state index in [2.05, 4.69) is 15.9 Å². The summed E-state index contributed by atoms with van der Waals surface area (Å²) in [7, 11) is -3.68. The first-order valence-corrected chi connectivity index (χ1v) is 6.02. The molecule has 0 radical (unpaired) electrons. The van der Waals surface area contributed by atoms with E-state index < -0.39 is 10.0 Å². The van der Waals surface area contributed by atoms with Crippen LogP contribution in [-0.2, 0) is 10.0 Å². The van der Waals surface area contributed by atoms with Gasteiger partial charge in [0, 0.05) is 9.50 Å². The molecule has 0 spiro atoms. The number of hydrogen-bond acceptors (Lipinski definition) is 2. The van der Waals surface area contributed by atoms with Crippen LogP contribution in [0.3, 0.4) is 0 Å². The van der Waals surface area contributed by atoms with E-state index in [1.807, 2.05) is 0 Å². The Kier molecular flexibility index (Phi) is 3.01. The Bertz CT molecular complexity index is 421. The molecule has 0 fully saturated rings. The molecular formula is C7H7BrClNO2S. The summed E-state index contributed by atoms with van der Waals surface area (Å²) in [5.41, 5.74) is 0.786. The molecule has 0 amide bonds. The van der Waals surface area contributed by atoms with Crippen LogP contribution < -0.4 is 5.14 Å². The van der Waals surface area contributed by atoms with E-state index in [1.165, 1.54) is 12.1 Å². The van der Waals surface area contributed by atoms with Crippen molar-refractivity contribution in [3.63, 3.8) is 0 Å². The first-order chi connectivity index (χ1) is 5.82. The molecule has 72 valence electrons. The first kappa shape index (κ1) is 11.0. The predicted molar refractivity (Wildman–Crippen MR) is 55.3 cm³/mol. The van der Waals surface area contributed by atoms with Crippen LogP contribution >= 0.6 is 27.5 Å². The number of benzene rings is 1. The maximum absolute atomic E-state index is 10.9. The van der Waals surface area contributed by atoms with Gasteiger partial charge in [-0.15, -0.1) is 0 Å². The average molecular weight is 285 g/mol. The number of primary sulfonamides is 1. The third-order valence-electron chi connectivity index (χ3n) is 1.58. The van der Waals surface area contributed by atoms with Gasteiger partial charge in [0.2, 0.25) is 10.0 Å². The Morgan fingerprint density at radius 2 is 2.00 bits per heavy atom. The van der Waals surface area contributed by atoms with Gasteiger partial charge in [-0.2, -0.15) is 0 Å². The summed E-state index contributed by atoms with van der Waals surface area (Å²) in [6, 6.07) is 2.76. The summed E-state index contributed by atoms with van der Waals surface area (Å²) >= 11 is 8.96. The molecule has 0 bridgehead atoms. The summed E-state index contributed by atoms with van der Waals surface area (Å²) in [5, 5.41) is 5.31. The zero-order valence-electron chi connectivity index (χ0n) is 6.71. The summed E-state index contributed by atoms with van der Waals surface area (Å²) in [6.07, 6.45) is 0. The van der Waals surface area contributed by atoms with Gasteiger partial charge >= 0.3 is 0 Å². The fraction of sp³-hybridized carbons (Fsp3) is 0.143. The van der Waals surface area contributed by atoms with Crippen LogP contribution in [-0.4, -0.2) is 8.42 Å². The SMILES string of the molecule is Cc1c(Cl)cc(S(N)(=O)=O)cc1Br. The van der Waals surface area contributed by atoms with Crippen LogP contribution in [0.15, 0.2) is 21.5 Å². The second-order valence-corrected chi connectivity index (χ2v) is 5.38. The molecule has 0 saturated heterocycles. The molecule has 1 rings (SSSR count). The quantitative estimate of drug-likeness (QED) is 0.858. The first-order valence-electron chi connectivity index (χ1n) is 3.31. The normalized spacial score (nSPS) is 11.7. The van der Waals surface area contributed by atoms with Crippen molar-refractivity contribution in [2.45, 2.75) is 11.8 Å². The second-order valence-electron chi connectivity index (χ2n) is 2.56. The van der Waals surface area contributed by atoms with Crippen molar-refractivity contribution in [2.24, 2.45) is 5.14 Å². The molecule has 0 aliphatic heterocycles. The minimum atomic E-state index is -3.68. The highest BCUT2D eigenvalue weighted by atomic mass is 79.9. The third kappa shape index (κ3) is 2.43. The van der Waals surface area contributed by atoms with Gasteiger partial charge in [0.05, 0.1) is 4.90 Å². The van der Waals surface area contributed by atoms with Crippen molar-refractivity contribution in [1.29, 1.82) is 0 Å². The highest BCUT2D eigenvalue weighted by Crippen LogP contribution is 2.27. The van der Waals surface area contributed by atoms with Gasteiger partial charge in [0.1, 0.15) is 0 Å². The Labute approximate surface area is 90.1 Å². The van der Waals surface area contributed by atoms with Crippen molar-refractivity contribution in [3.05, 3.63) is 27.2 Å². The average Bonchev–Trinajstić information content (AvgIpc) is 1.97. The minimum absolute atomic E-state index is 0.00924. The van der Waals surface area contributed by atoms with E-state index >= 15 is 0 Å². The van der Waals surface area contributed by atoms with E-state index in [0.29, 0.717) is 9.50 Å². The molecule has 1 aromatic rings. The molecular weight excluding hydrogens is 278 g/mol. The van der Waals surface area contributed by atoms with E-state index in [4.69, 9.17) is 16.7 Å². The van der Waals surface area contributed by atoms with Crippen LogP contribution in [0, 0.1) is 6.92 Å². The van der Waals surface area contributed by atoms with E-state index in [0.717, 1.165) is 5.56 Å². The van der Waals surface area contributed by atoms with Gasteiger partial charge in [0.15, 0.2) is 0 Å². The van der Waals surface area contributed by atoms with Crippen molar-refractivity contribution in [1.82, 2.24) is 0 Å². The van der Waals surface area contributed by atoms with Gasteiger partial charge < -0.3 is 0 Å². The van der Waals surface area contributed by atoms with Crippen LogP contribution in [0.5, 0.6) is 0 Å². The Morgan fingerprint density at radius 1 is 1.46 bits per heavy atom. The molecule has 13 heavy (non-hydrogen) atoms. The Morgan fingerprint density at radius 3 is 2.38 bits per heavy atom. The second kappa shape index (κ2) is 3.57. The minimum Gasteiger partial charge on any atom is -0.225 e. The van der Waals surface area contributed by atoms with Gasteiger partial charge in [-0.05, 0) is 24.6 Å². The number of rotatable bonds is 1. The lowest BCUT2D eigenvalue weighted by Gasteiger charge is -2.04. The van der Waals surface area contributed by atoms with Gasteiger partial charge in [-0.3, -0.25) is 0 Å². The molecule has 0 aromatic heterocycles. The fourth-order valence-corrected chi connectivity index (χ4v) is 2.36. The van der Waals surface area contributed by atoms with Crippen LogP contribution in [0.1, 0.15) is 5.56 Å². The molecule has 0 aliphatic carbocycles. The zero-order chi connectivity index (χ0) is 10.2. The molecule has 2 N–H and O–H groups in total. The van der Waals surface area contributed by atoms with E-state index in [1.54, 1.807) is 6.92 Å². The largest absolute Gasteiger partial charge is 0.238 e. The summed E-state index contributed by atoms with van der Waals surface area (Å²) in [5.74, 6) is 0. The highest BCUT2D eigenvalue weighted by Gasteiger charge is 2.11. The number of nitrogens with two attached hydrogens (primary N) is 1. The summed E-state index contributed by atoms with van der Waals surface area (Å²) in [6.45, 7) is 1.78. The molecule has 0 heterocycles. The molecule has 1 aromatic carbocycles. The monoisotopic (exact) mass is 283 g/mol. The molecule has 6 heteroatoms. The number of hydrogen-bond donors (Lipinski definition) is 1. The lowest BCUT2D eigenvalue weighted by atomic mass is 10.2. The molecule has 0 atom stereocenters. The zero-order valence-corrected chi connectivity index (χ0v) is 9.87. The van der Waals surface area contributed by atoms with Crippen molar-refractivity contribution in [3.8, 4) is 0 Å². The van der Waals surface area contributed by atoms with E-state index in [9.17, 15) is 8.42 Å². The van der Waals surface area contributed by atoms with Crippen molar-refractivity contribution in [2.75, 3.05) is 0 Å². The lowest BCUT2D eigenvalue weighted by molar-refractivity contribution is 0.597. The van der Waals surface area contributed by atoms with Crippen LogP contribution in [0.4, 0.5) is 0 Å². The number of sulfonamides is 1. The Balaban J connectivity index is 3.47. The van der Waals surface area contributed by atoms with Gasteiger partial charge in [-0.25, -0.2) is 13.6 Å². The maximum Gasteiger partial charge on any atom is 0.238 e. The highest BCUT2D eigenvalue weighted by molar-refractivity contribution is 9.10. The molecule has 3 nitrogen and oxygen atoms in total. The molecule has 0 aliphatic rings. The van der Waals surface area contributed by atoms with Gasteiger partial charge in [-0.1, -0.05) is 27.5 Å². The fourth-order valence-electron chi connectivity index (χ4n) is 0.786. The standard InChI is InChI=1S/C7H7BrClNO2S/c1-4-6(8)2-5(3-7(4)9)13(10,11)12/h2-3H,1H3,(H2,10,11,12). The number of halogens is 2. The Hall–Kier alpha value is -0.100. The molecule has 0 saturated carbocycles. The summed E-state index contributed by atoms with van der Waals surface area (Å²) in [4.78, 5) is 0.00924. The van der Waals surface area contributed by atoms with Crippen molar-refractivity contribution < 1.29 is 8.42 Å². The lowest BCUT2D eigenvalue weighted by Crippen LogP contribution is -2.12.